The van der Waals surface area contributed by atoms with E-state index in [4.69, 9.17) is 37.2 Å². The molecular formula is C40H49Cl2N5O7. The average Bonchev–Trinajstić information content (AvgIpc) is 3.80. The van der Waals surface area contributed by atoms with Crippen LogP contribution in [0.4, 0.5) is 4.79 Å². The number of Topliss-reactive ketones (excluding diaryl/α,β-unsaturated/α-hetero) is 1. The molecule has 5 atom stereocenters. The van der Waals surface area contributed by atoms with Crippen LogP contribution in [0.3, 0.4) is 0 Å². The van der Waals surface area contributed by atoms with Crippen molar-refractivity contribution >= 4 is 57.9 Å². The zero-order valence-electron chi connectivity index (χ0n) is 31.4. The summed E-state index contributed by atoms with van der Waals surface area (Å²) >= 11 is 13.0. The third kappa shape index (κ3) is 9.44. The van der Waals surface area contributed by atoms with Crippen LogP contribution in [0.5, 0.6) is 0 Å². The van der Waals surface area contributed by atoms with Crippen molar-refractivity contribution in [3.8, 4) is 0 Å². The Labute approximate surface area is 325 Å². The maximum Gasteiger partial charge on any atom is 0.408 e. The molecule has 0 saturated heterocycles. The lowest BCUT2D eigenvalue weighted by molar-refractivity contribution is -0.134. The van der Waals surface area contributed by atoms with Gasteiger partial charge in [-0.05, 0) is 79.3 Å². The number of nitrogens with one attached hydrogen (secondary N) is 3. The Morgan fingerprint density at radius 1 is 1.00 bits per heavy atom. The molecule has 54 heavy (non-hydrogen) atoms. The summed E-state index contributed by atoms with van der Waals surface area (Å²) in [5.41, 5.74) is 2.59. The number of carbonyl (C=O) groups excluding carboxylic acids is 4. The van der Waals surface area contributed by atoms with Gasteiger partial charge >= 0.3 is 12.1 Å². The molecule has 0 bridgehead atoms. The van der Waals surface area contributed by atoms with Crippen LogP contribution in [0, 0.1) is 17.3 Å². The van der Waals surface area contributed by atoms with E-state index in [1.54, 1.807) is 13.0 Å². The third-order valence-electron chi connectivity index (χ3n) is 10.7. The van der Waals surface area contributed by atoms with Gasteiger partial charge in [0.05, 0.1) is 28.6 Å². The van der Waals surface area contributed by atoms with E-state index in [0.29, 0.717) is 55.0 Å². The Balaban J connectivity index is 1.38. The van der Waals surface area contributed by atoms with E-state index < -0.39 is 29.6 Å². The zero-order valence-corrected chi connectivity index (χ0v) is 32.9. The summed E-state index contributed by atoms with van der Waals surface area (Å²) in [6.07, 6.45) is 3.00. The molecule has 2 aromatic carbocycles. The van der Waals surface area contributed by atoms with Crippen LogP contribution >= 0.6 is 23.2 Å². The number of H-pyrrole nitrogens is 1. The first-order valence-electron chi connectivity index (χ1n) is 18.7. The van der Waals surface area contributed by atoms with Gasteiger partial charge in [0, 0.05) is 22.5 Å². The Hall–Kier alpha value is -4.42. The highest BCUT2D eigenvalue weighted by Crippen LogP contribution is 2.45. The third-order valence-corrected chi connectivity index (χ3v) is 11.2. The minimum absolute atomic E-state index is 0.0866. The van der Waals surface area contributed by atoms with Gasteiger partial charge in [0.1, 0.15) is 12.6 Å². The summed E-state index contributed by atoms with van der Waals surface area (Å²) in [6.45, 7) is 9.75. The van der Waals surface area contributed by atoms with Crippen molar-refractivity contribution in [2.45, 2.75) is 105 Å². The molecule has 0 fully saturated rings. The number of nitrogens with zero attached hydrogens (tertiary/aromatic N) is 2. The van der Waals surface area contributed by atoms with Gasteiger partial charge in [-0.25, -0.2) is 9.59 Å². The molecule has 14 heteroatoms. The van der Waals surface area contributed by atoms with Crippen LogP contribution < -0.4 is 10.6 Å². The fourth-order valence-corrected chi connectivity index (χ4v) is 7.64. The summed E-state index contributed by atoms with van der Waals surface area (Å²) < 4.78 is 16.0. The second-order valence-corrected chi connectivity index (χ2v) is 15.1. The first-order valence-corrected chi connectivity index (χ1v) is 19.4. The molecule has 2 aromatic heterocycles. The number of alkyl carbamates (subject to hydrolysis) is 1. The van der Waals surface area contributed by atoms with Gasteiger partial charge in [-0.15, -0.1) is 0 Å². The van der Waals surface area contributed by atoms with Crippen LogP contribution in [0.25, 0.3) is 10.9 Å². The molecule has 2 amide bonds. The topological polar surface area (TPSA) is 166 Å². The highest BCUT2D eigenvalue weighted by atomic mass is 35.5. The molecule has 1 aliphatic carbocycles. The highest BCUT2D eigenvalue weighted by Gasteiger charge is 2.44. The fourth-order valence-electron chi connectivity index (χ4n) is 7.10. The Kier molecular flexibility index (Phi) is 13.8. The Morgan fingerprint density at radius 2 is 1.74 bits per heavy atom. The lowest BCUT2D eigenvalue weighted by Crippen LogP contribution is -2.47. The average molecular weight is 783 g/mol. The van der Waals surface area contributed by atoms with Crippen molar-refractivity contribution < 1.29 is 33.2 Å². The summed E-state index contributed by atoms with van der Waals surface area (Å²) in [5.74, 6) is -1.45. The van der Waals surface area contributed by atoms with Crippen LogP contribution in [0.15, 0.2) is 47.0 Å². The second kappa shape index (κ2) is 18.3. The first kappa shape index (κ1) is 40.8. The normalized spacial score (nSPS) is 17.5. The van der Waals surface area contributed by atoms with Crippen molar-refractivity contribution in [3.63, 3.8) is 0 Å². The number of fused-ring (bicyclic) bond motifs is 3. The van der Waals surface area contributed by atoms with Crippen molar-refractivity contribution in [1.29, 1.82) is 0 Å². The highest BCUT2D eigenvalue weighted by molar-refractivity contribution is 6.38. The quantitative estimate of drug-likeness (QED) is 0.0891. The van der Waals surface area contributed by atoms with E-state index >= 15 is 0 Å². The largest absolute Gasteiger partial charge is 0.460 e. The number of benzene rings is 2. The number of ketones is 1. The van der Waals surface area contributed by atoms with Crippen LogP contribution in [-0.4, -0.2) is 51.5 Å². The van der Waals surface area contributed by atoms with E-state index in [9.17, 15) is 19.2 Å². The maximum atomic E-state index is 14.8. The number of halogens is 2. The molecule has 0 radical (unpaired) electrons. The van der Waals surface area contributed by atoms with Gasteiger partial charge in [-0.3, -0.25) is 9.59 Å². The van der Waals surface area contributed by atoms with Crippen molar-refractivity contribution in [3.05, 3.63) is 81.0 Å². The van der Waals surface area contributed by atoms with Crippen LogP contribution in [0.1, 0.15) is 113 Å². The molecule has 4 aromatic rings. The van der Waals surface area contributed by atoms with E-state index in [0.717, 1.165) is 27.7 Å². The number of aromatic amines is 1. The smallest absolute Gasteiger partial charge is 0.408 e. The number of rotatable bonds is 17. The monoisotopic (exact) mass is 781 g/mol. The molecule has 12 nitrogen and oxygen atoms in total. The van der Waals surface area contributed by atoms with Gasteiger partial charge in [-0.1, -0.05) is 94.1 Å². The molecule has 0 aliphatic heterocycles. The van der Waals surface area contributed by atoms with Crippen molar-refractivity contribution in [1.82, 2.24) is 25.8 Å². The number of amides is 2. The summed E-state index contributed by atoms with van der Waals surface area (Å²) in [6, 6.07) is 11.4. The van der Waals surface area contributed by atoms with E-state index in [1.807, 2.05) is 64.1 Å². The summed E-state index contributed by atoms with van der Waals surface area (Å²) in [4.78, 5) is 61.5. The molecule has 0 spiro atoms. The summed E-state index contributed by atoms with van der Waals surface area (Å²) in [5, 5.41) is 11.7. The SMILES string of the molecule is CCOC(=O)c1noc([C@@H](NC(=O)[C@]2(CCCC(=O)[C@@H](NC(=O)OCc3ccccc3)C(C)CC)CCc3[nH]c4c(Cl)cc(Cl)cc4c3C2)C(C)CC)n1. The lowest BCUT2D eigenvalue weighted by Gasteiger charge is -2.38. The van der Waals surface area contributed by atoms with Gasteiger partial charge in [-0.2, -0.15) is 4.98 Å². The van der Waals surface area contributed by atoms with Gasteiger partial charge in [0.15, 0.2) is 5.78 Å². The number of hydrogen-bond acceptors (Lipinski definition) is 9. The van der Waals surface area contributed by atoms with E-state index in [-0.39, 0.29) is 54.9 Å². The standard InChI is InChI=1S/C40H49Cl2N5O7/c1-6-23(4)32(45-39(51)53-22-25-13-10-9-11-14-25)31(48)15-12-17-40(18-16-30-28(21-40)27-19-26(41)20-29(42)34(27)43-30)38(50)44-33(24(5)7-2)36-46-35(47-54-36)37(49)52-8-3/h9-11,13-14,19-20,23-24,32-33,43H,6-8,12,15-18,21-22H2,1-5H3,(H,44,50)(H,45,51)/t23?,24?,32-,33-,40+/m0/s1. The molecule has 2 heterocycles. The summed E-state index contributed by atoms with van der Waals surface area (Å²) in [7, 11) is 0. The maximum absolute atomic E-state index is 14.8. The van der Waals surface area contributed by atoms with Crippen LogP contribution in [0.2, 0.25) is 10.0 Å². The molecule has 3 N–H and O–H groups in total. The molecule has 0 saturated carbocycles. The number of aromatic nitrogens is 3. The number of hydrogen-bond donors (Lipinski definition) is 3. The van der Waals surface area contributed by atoms with E-state index in [1.165, 1.54) is 0 Å². The molecule has 290 valence electrons. The minimum atomic E-state index is -0.944. The number of aryl methyl sites for hydroxylation is 1. The molecule has 2 unspecified atom stereocenters. The number of esters is 1. The fraction of sp³-hybridized carbons (Fsp3) is 0.500. The van der Waals surface area contributed by atoms with Crippen LogP contribution in [-0.2, 0) is 38.5 Å². The molecule has 1 aliphatic rings. The van der Waals surface area contributed by atoms with Crippen molar-refractivity contribution in [2.24, 2.45) is 17.3 Å². The second-order valence-electron chi connectivity index (χ2n) is 14.3. The van der Waals surface area contributed by atoms with Gasteiger partial charge < -0.3 is 29.6 Å². The van der Waals surface area contributed by atoms with Gasteiger partial charge in [0.2, 0.25) is 11.8 Å². The molecular weight excluding hydrogens is 733 g/mol. The predicted molar refractivity (Wildman–Crippen MR) is 205 cm³/mol. The van der Waals surface area contributed by atoms with Crippen molar-refractivity contribution in [2.75, 3.05) is 6.61 Å². The Bertz CT molecular complexity index is 1950. The predicted octanol–water partition coefficient (Wildman–Crippen LogP) is 8.49. The lowest BCUT2D eigenvalue weighted by atomic mass is 9.68. The minimum Gasteiger partial charge on any atom is -0.460 e. The van der Waals surface area contributed by atoms with Gasteiger partial charge in [0.25, 0.3) is 5.82 Å². The number of carbonyl (C=O) groups is 4. The zero-order chi connectivity index (χ0) is 39.0. The molecule has 5 rings (SSSR count). The first-order chi connectivity index (χ1) is 25.9. The number of ether oxygens (including phenoxy) is 2. The Morgan fingerprint density at radius 3 is 2.44 bits per heavy atom. The van der Waals surface area contributed by atoms with E-state index in [2.05, 4.69) is 25.8 Å².